The molecule has 1 saturated heterocycles. The van der Waals surface area contributed by atoms with E-state index in [9.17, 15) is 8.42 Å². The molecule has 0 radical (unpaired) electrons. The predicted octanol–water partition coefficient (Wildman–Crippen LogP) is -0.599. The van der Waals surface area contributed by atoms with Crippen molar-refractivity contribution in [2.24, 2.45) is 5.73 Å². The lowest BCUT2D eigenvalue weighted by Gasteiger charge is -2.10. The van der Waals surface area contributed by atoms with E-state index in [0.717, 1.165) is 6.42 Å². The molecule has 2 N–H and O–H groups in total. The van der Waals surface area contributed by atoms with Crippen molar-refractivity contribution in [2.75, 3.05) is 19.3 Å². The lowest BCUT2D eigenvalue weighted by atomic mass is 10.3. The Hall–Kier alpha value is 0.160. The number of hydrogen-bond acceptors (Lipinski definition) is 3. The van der Waals surface area contributed by atoms with Crippen LogP contribution in [0.15, 0.2) is 0 Å². The topological polar surface area (TPSA) is 63.4 Å². The third kappa shape index (κ3) is 2.94. The summed E-state index contributed by atoms with van der Waals surface area (Å²) in [5, 5.41) is 0. The fourth-order valence-electron chi connectivity index (χ4n) is 1.06. The first kappa shape index (κ1) is 11.2. The summed E-state index contributed by atoms with van der Waals surface area (Å²) in [4.78, 5) is 0. The van der Waals surface area contributed by atoms with Crippen LogP contribution >= 0.6 is 12.4 Å². The summed E-state index contributed by atoms with van der Waals surface area (Å²) in [5.74, 6) is 0. The molecule has 68 valence electrons. The van der Waals surface area contributed by atoms with Gasteiger partial charge in [-0.3, -0.25) is 0 Å². The largest absolute Gasteiger partial charge is 0.326 e. The Labute approximate surface area is 73.2 Å². The van der Waals surface area contributed by atoms with Crippen LogP contribution < -0.4 is 5.73 Å². The highest BCUT2D eigenvalue weighted by atomic mass is 35.5. The molecule has 1 aliphatic rings. The Balaban J connectivity index is 0.000001000. The van der Waals surface area contributed by atoms with E-state index < -0.39 is 10.0 Å². The number of rotatable bonds is 1. The lowest BCUT2D eigenvalue weighted by Crippen LogP contribution is -2.30. The van der Waals surface area contributed by atoms with Crippen molar-refractivity contribution in [2.45, 2.75) is 12.5 Å². The van der Waals surface area contributed by atoms with Crippen LogP contribution in [0.25, 0.3) is 0 Å². The van der Waals surface area contributed by atoms with Crippen molar-refractivity contribution in [3.05, 3.63) is 0 Å². The Bertz CT molecular complexity index is 217. The molecule has 0 aromatic rings. The molecule has 0 bridgehead atoms. The summed E-state index contributed by atoms with van der Waals surface area (Å²) in [5.41, 5.74) is 5.52. The number of nitrogens with two attached hydrogens (primary N) is 1. The Morgan fingerprint density at radius 2 is 2.09 bits per heavy atom. The maximum Gasteiger partial charge on any atom is 0.211 e. The molecule has 1 rings (SSSR count). The van der Waals surface area contributed by atoms with Gasteiger partial charge in [0, 0.05) is 19.1 Å². The molecule has 0 aromatic carbocycles. The van der Waals surface area contributed by atoms with E-state index in [4.69, 9.17) is 5.73 Å². The summed E-state index contributed by atoms with van der Waals surface area (Å²) < 4.78 is 23.1. The minimum Gasteiger partial charge on any atom is -0.326 e. The average molecular weight is 201 g/mol. The fraction of sp³-hybridized carbons (Fsp3) is 1.00. The molecule has 0 saturated carbocycles. The van der Waals surface area contributed by atoms with E-state index >= 15 is 0 Å². The minimum absolute atomic E-state index is 0. The molecule has 1 unspecified atom stereocenters. The molecule has 11 heavy (non-hydrogen) atoms. The molecule has 1 heterocycles. The zero-order valence-electron chi connectivity index (χ0n) is 6.36. The van der Waals surface area contributed by atoms with Gasteiger partial charge in [0.25, 0.3) is 0 Å². The van der Waals surface area contributed by atoms with Gasteiger partial charge in [-0.1, -0.05) is 0 Å². The molecule has 1 aliphatic heterocycles. The SMILES string of the molecule is CS(=O)(=O)N1CCC(N)C1.Cl. The number of sulfonamides is 1. The molecule has 4 nitrogen and oxygen atoms in total. The van der Waals surface area contributed by atoms with Crippen molar-refractivity contribution in [3.63, 3.8) is 0 Å². The summed E-state index contributed by atoms with van der Waals surface area (Å²) in [6.07, 6.45) is 2.00. The maximum atomic E-state index is 10.8. The second-order valence-corrected chi connectivity index (χ2v) is 4.65. The van der Waals surface area contributed by atoms with Gasteiger partial charge in [-0.05, 0) is 6.42 Å². The lowest BCUT2D eigenvalue weighted by molar-refractivity contribution is 0.478. The van der Waals surface area contributed by atoms with E-state index in [-0.39, 0.29) is 18.4 Å². The fourth-order valence-corrected chi connectivity index (χ4v) is 1.95. The van der Waals surface area contributed by atoms with Crippen LogP contribution in [-0.4, -0.2) is 38.1 Å². The minimum atomic E-state index is -2.98. The van der Waals surface area contributed by atoms with Gasteiger partial charge in [0.05, 0.1) is 6.26 Å². The van der Waals surface area contributed by atoms with Gasteiger partial charge >= 0.3 is 0 Å². The normalized spacial score (nSPS) is 26.5. The zero-order valence-corrected chi connectivity index (χ0v) is 7.99. The molecule has 0 amide bonds. The highest BCUT2D eigenvalue weighted by molar-refractivity contribution is 7.88. The number of nitrogens with zero attached hydrogens (tertiary/aromatic N) is 1. The van der Waals surface area contributed by atoms with Crippen molar-refractivity contribution >= 4 is 22.4 Å². The standard InChI is InChI=1S/C5H12N2O2S.ClH/c1-10(8,9)7-3-2-5(6)4-7;/h5H,2-4,6H2,1H3;1H. The molecule has 0 aromatic heterocycles. The number of hydrogen-bond donors (Lipinski definition) is 1. The van der Waals surface area contributed by atoms with Crippen LogP contribution in [0.1, 0.15) is 6.42 Å². The van der Waals surface area contributed by atoms with Gasteiger partial charge in [0.2, 0.25) is 10.0 Å². The summed E-state index contributed by atoms with van der Waals surface area (Å²) >= 11 is 0. The Morgan fingerprint density at radius 3 is 2.27 bits per heavy atom. The molecule has 1 fully saturated rings. The third-order valence-electron chi connectivity index (χ3n) is 1.66. The zero-order chi connectivity index (χ0) is 7.78. The van der Waals surface area contributed by atoms with Gasteiger partial charge in [-0.2, -0.15) is 0 Å². The van der Waals surface area contributed by atoms with Crippen molar-refractivity contribution in [1.29, 1.82) is 0 Å². The number of halogens is 1. The predicted molar refractivity (Wildman–Crippen MR) is 46.3 cm³/mol. The first-order valence-corrected chi connectivity index (χ1v) is 5.05. The second kappa shape index (κ2) is 3.71. The monoisotopic (exact) mass is 200 g/mol. The summed E-state index contributed by atoms with van der Waals surface area (Å²) in [7, 11) is -2.98. The van der Waals surface area contributed by atoms with Crippen molar-refractivity contribution < 1.29 is 8.42 Å². The molecule has 0 aliphatic carbocycles. The second-order valence-electron chi connectivity index (χ2n) is 2.67. The molecule has 0 spiro atoms. The first-order chi connectivity index (χ1) is 4.50. The van der Waals surface area contributed by atoms with Crippen LogP contribution in [0.4, 0.5) is 0 Å². The summed E-state index contributed by atoms with van der Waals surface area (Å²) in [6, 6.07) is 0.0368. The third-order valence-corrected chi connectivity index (χ3v) is 2.93. The van der Waals surface area contributed by atoms with E-state index in [1.807, 2.05) is 0 Å². The van der Waals surface area contributed by atoms with Gasteiger partial charge in [0.1, 0.15) is 0 Å². The molecule has 1 atom stereocenters. The summed E-state index contributed by atoms with van der Waals surface area (Å²) in [6.45, 7) is 1.07. The van der Waals surface area contributed by atoms with Gasteiger partial charge in [-0.25, -0.2) is 12.7 Å². The van der Waals surface area contributed by atoms with Crippen LogP contribution in [0.5, 0.6) is 0 Å². The van der Waals surface area contributed by atoms with Gasteiger partial charge in [-0.15, -0.1) is 12.4 Å². The van der Waals surface area contributed by atoms with E-state index in [2.05, 4.69) is 0 Å². The van der Waals surface area contributed by atoms with Crippen LogP contribution in [0.2, 0.25) is 0 Å². The average Bonchev–Trinajstić information content (AvgIpc) is 2.11. The van der Waals surface area contributed by atoms with Crippen molar-refractivity contribution in [1.82, 2.24) is 4.31 Å². The van der Waals surface area contributed by atoms with Crippen molar-refractivity contribution in [3.8, 4) is 0 Å². The van der Waals surface area contributed by atoms with Gasteiger partial charge < -0.3 is 5.73 Å². The van der Waals surface area contributed by atoms with Gasteiger partial charge in [0.15, 0.2) is 0 Å². The molecular weight excluding hydrogens is 188 g/mol. The van der Waals surface area contributed by atoms with E-state index in [0.29, 0.717) is 13.1 Å². The van der Waals surface area contributed by atoms with Crippen LogP contribution in [0.3, 0.4) is 0 Å². The quantitative estimate of drug-likeness (QED) is 0.615. The van der Waals surface area contributed by atoms with Crippen LogP contribution in [-0.2, 0) is 10.0 Å². The van der Waals surface area contributed by atoms with E-state index in [1.54, 1.807) is 0 Å². The maximum absolute atomic E-state index is 10.8. The van der Waals surface area contributed by atoms with E-state index in [1.165, 1.54) is 10.6 Å². The highest BCUT2D eigenvalue weighted by Gasteiger charge is 2.25. The highest BCUT2D eigenvalue weighted by Crippen LogP contribution is 2.09. The smallest absolute Gasteiger partial charge is 0.211 e. The van der Waals surface area contributed by atoms with Crippen LogP contribution in [0, 0.1) is 0 Å². The first-order valence-electron chi connectivity index (χ1n) is 3.21. The Kier molecular flexibility index (Phi) is 3.76. The molecule has 6 heteroatoms. The molecular formula is C5H13ClN2O2S. The Morgan fingerprint density at radius 1 is 1.55 bits per heavy atom.